The monoisotopic (exact) mass is 254 g/mol. The van der Waals surface area contributed by atoms with Crippen LogP contribution in [-0.4, -0.2) is 17.7 Å². The number of aryl methyl sites for hydroxylation is 1. The first-order valence-corrected chi connectivity index (χ1v) is 6.08. The molecule has 17 heavy (non-hydrogen) atoms. The predicted molar refractivity (Wildman–Crippen MR) is 65.8 cm³/mol. The Kier molecular flexibility index (Phi) is 3.29. The van der Waals surface area contributed by atoms with Gasteiger partial charge in [0.15, 0.2) is 0 Å². The number of ether oxygens (including phenoxy) is 1. The summed E-state index contributed by atoms with van der Waals surface area (Å²) in [6.07, 6.45) is 0.709. The zero-order chi connectivity index (χ0) is 12.6. The van der Waals surface area contributed by atoms with E-state index in [1.807, 2.05) is 26.0 Å². The van der Waals surface area contributed by atoms with Crippen LogP contribution in [0.5, 0.6) is 5.75 Å². The number of aliphatic carboxylic acids is 1. The second-order valence-corrected chi connectivity index (χ2v) is 4.77. The van der Waals surface area contributed by atoms with Crippen molar-refractivity contribution in [1.29, 1.82) is 0 Å². The van der Waals surface area contributed by atoms with Gasteiger partial charge in [-0.2, -0.15) is 0 Å². The van der Waals surface area contributed by atoms with E-state index in [0.29, 0.717) is 23.8 Å². The molecule has 1 aliphatic carbocycles. The molecule has 1 fully saturated rings. The summed E-state index contributed by atoms with van der Waals surface area (Å²) in [7, 11) is 0. The smallest absolute Gasteiger partial charge is 0.307 e. The van der Waals surface area contributed by atoms with Gasteiger partial charge in [0.05, 0.1) is 17.5 Å². The summed E-state index contributed by atoms with van der Waals surface area (Å²) in [4.78, 5) is 10.9. The first-order valence-electron chi connectivity index (χ1n) is 5.70. The summed E-state index contributed by atoms with van der Waals surface area (Å²) in [5.74, 6) is -0.189. The Morgan fingerprint density at radius 3 is 2.82 bits per heavy atom. The van der Waals surface area contributed by atoms with Crippen molar-refractivity contribution in [3.8, 4) is 5.75 Å². The number of carbonyl (C=O) groups is 1. The Bertz CT molecular complexity index is 456. The third-order valence-corrected chi connectivity index (χ3v) is 3.42. The molecule has 4 heteroatoms. The number of halogens is 1. The second kappa shape index (κ2) is 4.57. The summed E-state index contributed by atoms with van der Waals surface area (Å²) >= 11 is 6.11. The van der Waals surface area contributed by atoms with E-state index < -0.39 is 5.97 Å². The summed E-state index contributed by atoms with van der Waals surface area (Å²) in [6, 6.07) is 3.73. The molecule has 3 nitrogen and oxygen atoms in total. The second-order valence-electron chi connectivity index (χ2n) is 4.36. The van der Waals surface area contributed by atoms with Crippen LogP contribution in [0, 0.1) is 12.8 Å². The summed E-state index contributed by atoms with van der Waals surface area (Å²) in [6.45, 7) is 4.44. The average molecular weight is 255 g/mol. The molecular formula is C13H15ClO3. The number of carboxylic acids is 1. The SMILES string of the molecule is CCOc1cc(C)c(C2CC2C(=O)O)cc1Cl. The van der Waals surface area contributed by atoms with E-state index in [0.717, 1.165) is 11.1 Å². The van der Waals surface area contributed by atoms with Crippen molar-refractivity contribution in [3.63, 3.8) is 0 Å². The van der Waals surface area contributed by atoms with E-state index in [-0.39, 0.29) is 11.8 Å². The molecule has 1 saturated carbocycles. The van der Waals surface area contributed by atoms with Crippen molar-refractivity contribution >= 4 is 17.6 Å². The number of carboxylic acid groups (broad SMARTS) is 1. The lowest BCUT2D eigenvalue weighted by Crippen LogP contribution is -2.00. The zero-order valence-electron chi connectivity index (χ0n) is 9.87. The largest absolute Gasteiger partial charge is 0.492 e. The van der Waals surface area contributed by atoms with Gasteiger partial charge in [0.2, 0.25) is 0 Å². The van der Waals surface area contributed by atoms with Crippen molar-refractivity contribution in [1.82, 2.24) is 0 Å². The van der Waals surface area contributed by atoms with E-state index in [4.69, 9.17) is 21.4 Å². The van der Waals surface area contributed by atoms with E-state index >= 15 is 0 Å². The number of hydrogen-bond acceptors (Lipinski definition) is 2. The molecule has 2 unspecified atom stereocenters. The van der Waals surface area contributed by atoms with Crippen molar-refractivity contribution in [3.05, 3.63) is 28.3 Å². The summed E-state index contributed by atoms with van der Waals surface area (Å²) in [5, 5.41) is 9.49. The Morgan fingerprint density at radius 2 is 2.29 bits per heavy atom. The van der Waals surface area contributed by atoms with E-state index in [1.165, 1.54) is 0 Å². The van der Waals surface area contributed by atoms with Gasteiger partial charge in [-0.05, 0) is 49.4 Å². The van der Waals surface area contributed by atoms with Gasteiger partial charge in [0.1, 0.15) is 5.75 Å². The summed E-state index contributed by atoms with van der Waals surface area (Å²) < 4.78 is 5.40. The van der Waals surface area contributed by atoms with Gasteiger partial charge in [-0.25, -0.2) is 0 Å². The molecule has 0 amide bonds. The molecular weight excluding hydrogens is 240 g/mol. The predicted octanol–water partition coefficient (Wildman–Crippen LogP) is 3.24. The highest BCUT2D eigenvalue weighted by Crippen LogP contribution is 2.50. The molecule has 0 heterocycles. The van der Waals surface area contributed by atoms with Crippen LogP contribution >= 0.6 is 11.6 Å². The topological polar surface area (TPSA) is 46.5 Å². The quantitative estimate of drug-likeness (QED) is 0.897. The molecule has 0 saturated heterocycles. The Hall–Kier alpha value is -1.22. The fraction of sp³-hybridized carbons (Fsp3) is 0.462. The van der Waals surface area contributed by atoms with Gasteiger partial charge in [-0.15, -0.1) is 0 Å². The van der Waals surface area contributed by atoms with Crippen molar-refractivity contribution < 1.29 is 14.6 Å². The summed E-state index contributed by atoms with van der Waals surface area (Å²) in [5.41, 5.74) is 2.08. The van der Waals surface area contributed by atoms with E-state index in [1.54, 1.807) is 0 Å². The highest BCUT2D eigenvalue weighted by molar-refractivity contribution is 6.32. The van der Waals surface area contributed by atoms with Crippen LogP contribution in [0.2, 0.25) is 5.02 Å². The van der Waals surface area contributed by atoms with Crippen molar-refractivity contribution in [2.45, 2.75) is 26.2 Å². The molecule has 2 rings (SSSR count). The fourth-order valence-corrected chi connectivity index (χ4v) is 2.37. The lowest BCUT2D eigenvalue weighted by Gasteiger charge is -2.11. The number of rotatable bonds is 4. The lowest BCUT2D eigenvalue weighted by molar-refractivity contribution is -0.138. The molecule has 2 atom stereocenters. The number of benzene rings is 1. The van der Waals surface area contributed by atoms with Gasteiger partial charge >= 0.3 is 5.97 Å². The lowest BCUT2D eigenvalue weighted by atomic mass is 10.0. The third-order valence-electron chi connectivity index (χ3n) is 3.13. The zero-order valence-corrected chi connectivity index (χ0v) is 10.6. The van der Waals surface area contributed by atoms with Crippen LogP contribution in [0.4, 0.5) is 0 Å². The first kappa shape index (κ1) is 12.2. The standard InChI is InChI=1S/C13H15ClO3/c1-3-17-12-4-7(2)8(6-11(12)14)9-5-10(9)13(15)16/h4,6,9-10H,3,5H2,1-2H3,(H,15,16). The first-order chi connectivity index (χ1) is 8.04. The van der Waals surface area contributed by atoms with Crippen molar-refractivity contribution in [2.75, 3.05) is 6.61 Å². The minimum Gasteiger partial charge on any atom is -0.492 e. The van der Waals surface area contributed by atoms with Gasteiger partial charge in [-0.1, -0.05) is 11.6 Å². The molecule has 0 aromatic heterocycles. The molecule has 1 aromatic carbocycles. The van der Waals surface area contributed by atoms with Crippen LogP contribution in [-0.2, 0) is 4.79 Å². The molecule has 1 aliphatic rings. The molecule has 0 spiro atoms. The third kappa shape index (κ3) is 2.39. The molecule has 0 aliphatic heterocycles. The van der Waals surface area contributed by atoms with Gasteiger partial charge in [0, 0.05) is 0 Å². The maximum atomic E-state index is 10.9. The van der Waals surface area contributed by atoms with Crippen LogP contribution in [0.3, 0.4) is 0 Å². The van der Waals surface area contributed by atoms with Gasteiger partial charge in [-0.3, -0.25) is 4.79 Å². The van der Waals surface area contributed by atoms with Gasteiger partial charge in [0.25, 0.3) is 0 Å². The Morgan fingerprint density at radius 1 is 1.59 bits per heavy atom. The van der Waals surface area contributed by atoms with Crippen molar-refractivity contribution in [2.24, 2.45) is 5.92 Å². The normalized spacial score (nSPS) is 22.3. The molecule has 1 aromatic rings. The van der Waals surface area contributed by atoms with Crippen LogP contribution in [0.25, 0.3) is 0 Å². The Labute approximate surface area is 105 Å². The van der Waals surface area contributed by atoms with Crippen LogP contribution in [0.15, 0.2) is 12.1 Å². The van der Waals surface area contributed by atoms with Gasteiger partial charge < -0.3 is 9.84 Å². The minimum atomic E-state index is -0.723. The molecule has 0 radical (unpaired) electrons. The maximum Gasteiger partial charge on any atom is 0.307 e. The van der Waals surface area contributed by atoms with Crippen LogP contribution < -0.4 is 4.74 Å². The molecule has 92 valence electrons. The van der Waals surface area contributed by atoms with Crippen LogP contribution in [0.1, 0.15) is 30.4 Å². The molecule has 0 bridgehead atoms. The highest BCUT2D eigenvalue weighted by Gasteiger charge is 2.44. The maximum absolute atomic E-state index is 10.9. The van der Waals surface area contributed by atoms with E-state index in [2.05, 4.69) is 0 Å². The number of hydrogen-bond donors (Lipinski definition) is 1. The highest BCUT2D eigenvalue weighted by atomic mass is 35.5. The molecule has 1 N–H and O–H groups in total. The fourth-order valence-electron chi connectivity index (χ4n) is 2.15. The minimum absolute atomic E-state index is 0.112. The van der Waals surface area contributed by atoms with E-state index in [9.17, 15) is 4.79 Å². The average Bonchev–Trinajstić information content (AvgIpc) is 3.03. The Balaban J connectivity index is 2.25.